The number of allylic oxidation sites excluding steroid dienone is 4. The van der Waals surface area contributed by atoms with Crippen LogP contribution >= 0.6 is 0 Å². The summed E-state index contributed by atoms with van der Waals surface area (Å²) in [5.41, 5.74) is 6.61. The van der Waals surface area contributed by atoms with Gasteiger partial charge in [-0.25, -0.2) is 0 Å². The molecule has 4 rings (SSSR count). The highest BCUT2D eigenvalue weighted by Gasteiger charge is 2.45. The second kappa shape index (κ2) is 6.48. The molecule has 3 aromatic rings. The Hall–Kier alpha value is -3.26. The Morgan fingerprint density at radius 2 is 1.26 bits per heavy atom. The Labute approximate surface area is 159 Å². The Morgan fingerprint density at radius 3 is 1.78 bits per heavy atom. The van der Waals surface area contributed by atoms with Gasteiger partial charge in [-0.3, -0.25) is 0 Å². The molecule has 0 atom stereocenters. The van der Waals surface area contributed by atoms with E-state index >= 15 is 0 Å². The van der Waals surface area contributed by atoms with Gasteiger partial charge in [0, 0.05) is 0 Å². The maximum Gasteiger partial charge on any atom is 0.115 e. The molecule has 1 aliphatic rings. The number of hydrogen-bond acceptors (Lipinski definition) is 2. The van der Waals surface area contributed by atoms with Gasteiger partial charge >= 0.3 is 0 Å². The molecule has 2 nitrogen and oxygen atoms in total. The molecule has 0 saturated heterocycles. The molecule has 0 radical (unpaired) electrons. The molecule has 0 saturated carbocycles. The van der Waals surface area contributed by atoms with Crippen LogP contribution in [0.1, 0.15) is 30.5 Å². The van der Waals surface area contributed by atoms with E-state index in [1.165, 1.54) is 22.3 Å². The van der Waals surface area contributed by atoms with Gasteiger partial charge in [-0.05, 0) is 59.9 Å². The topological polar surface area (TPSA) is 40.5 Å². The first-order valence-electron chi connectivity index (χ1n) is 9.08. The van der Waals surface area contributed by atoms with Gasteiger partial charge in [-0.1, -0.05) is 72.3 Å². The number of phenolic OH excluding ortho intramolecular Hbond substituents is 1. The number of aromatic hydroxyl groups is 1. The molecule has 0 spiro atoms. The third-order valence-electron chi connectivity index (χ3n) is 5.42. The molecule has 2 heteroatoms. The lowest BCUT2D eigenvalue weighted by atomic mass is 9.67. The fourth-order valence-corrected chi connectivity index (χ4v) is 4.28. The fraction of sp³-hybridized carbons (Fsp3) is 0.120. The van der Waals surface area contributed by atoms with Crippen LogP contribution in [0.3, 0.4) is 0 Å². The molecular weight excluding hydrogens is 332 g/mol. The number of fused-ring (bicyclic) bond motifs is 3. The van der Waals surface area contributed by atoms with Crippen LogP contribution in [0, 0.1) is 0 Å². The molecule has 134 valence electrons. The molecule has 0 unspecified atom stereocenters. The lowest BCUT2D eigenvalue weighted by Crippen LogP contribution is -2.28. The van der Waals surface area contributed by atoms with Crippen molar-refractivity contribution in [2.24, 2.45) is 0 Å². The van der Waals surface area contributed by atoms with Crippen molar-refractivity contribution in [3.63, 3.8) is 0 Å². The molecule has 0 fully saturated rings. The maximum absolute atomic E-state index is 9.83. The molecule has 3 aromatic carbocycles. The Kier molecular flexibility index (Phi) is 4.12. The van der Waals surface area contributed by atoms with Crippen LogP contribution in [0.2, 0.25) is 0 Å². The van der Waals surface area contributed by atoms with Crippen LogP contribution in [-0.2, 0) is 5.41 Å². The van der Waals surface area contributed by atoms with Crippen molar-refractivity contribution >= 4 is 0 Å². The average Bonchev–Trinajstić information content (AvgIpc) is 2.98. The lowest BCUT2D eigenvalue weighted by molar-refractivity contribution is 0.414. The predicted octanol–water partition coefficient (Wildman–Crippen LogP) is 6.12. The lowest BCUT2D eigenvalue weighted by Gasteiger charge is -2.34. The molecule has 2 N–H and O–H groups in total. The Balaban J connectivity index is 2.12. The summed E-state index contributed by atoms with van der Waals surface area (Å²) in [6.45, 7) is 3.78. The van der Waals surface area contributed by atoms with E-state index in [9.17, 15) is 10.2 Å². The summed E-state index contributed by atoms with van der Waals surface area (Å²) in [5.74, 6) is 0.524. The van der Waals surface area contributed by atoms with Gasteiger partial charge in [0.2, 0.25) is 0 Å². The van der Waals surface area contributed by atoms with Gasteiger partial charge in [0.05, 0.1) is 11.2 Å². The first-order chi connectivity index (χ1) is 13.0. The number of aliphatic hydroxyl groups is 1. The standard InChI is InChI=1S/C25H22O2/c1-17(11-12-18(2)26)25(19-13-15-20(27)16-14-19)23-9-5-3-7-21(23)22-8-4-6-10-24(22)25/h3-16,26-27H,1-2H3/b17-11+,18-12+. The number of hydrogen-bond donors (Lipinski definition) is 2. The van der Waals surface area contributed by atoms with Gasteiger partial charge in [-0.15, -0.1) is 0 Å². The monoisotopic (exact) mass is 354 g/mol. The van der Waals surface area contributed by atoms with Gasteiger partial charge in [0.15, 0.2) is 0 Å². The molecule has 0 aromatic heterocycles. The van der Waals surface area contributed by atoms with Crippen LogP contribution in [0.4, 0.5) is 0 Å². The molecule has 27 heavy (non-hydrogen) atoms. The van der Waals surface area contributed by atoms with Crippen LogP contribution in [-0.4, -0.2) is 10.2 Å². The zero-order chi connectivity index (χ0) is 19.0. The first kappa shape index (κ1) is 17.2. The van der Waals surface area contributed by atoms with E-state index < -0.39 is 5.41 Å². The summed E-state index contributed by atoms with van der Waals surface area (Å²) in [5, 5.41) is 19.5. The van der Waals surface area contributed by atoms with Crippen molar-refractivity contribution in [3.8, 4) is 16.9 Å². The molecule has 0 amide bonds. The average molecular weight is 354 g/mol. The summed E-state index contributed by atoms with van der Waals surface area (Å²) >= 11 is 0. The van der Waals surface area contributed by atoms with E-state index in [2.05, 4.69) is 55.5 Å². The second-order valence-corrected chi connectivity index (χ2v) is 7.05. The van der Waals surface area contributed by atoms with Crippen molar-refractivity contribution in [1.29, 1.82) is 0 Å². The number of phenols is 1. The van der Waals surface area contributed by atoms with Crippen molar-refractivity contribution < 1.29 is 10.2 Å². The highest BCUT2D eigenvalue weighted by molar-refractivity contribution is 5.85. The molecule has 0 bridgehead atoms. The van der Waals surface area contributed by atoms with Gasteiger partial charge in [-0.2, -0.15) is 0 Å². The van der Waals surface area contributed by atoms with Crippen LogP contribution in [0.25, 0.3) is 11.1 Å². The normalized spacial score (nSPS) is 15.3. The van der Waals surface area contributed by atoms with Crippen LogP contribution < -0.4 is 0 Å². The second-order valence-electron chi connectivity index (χ2n) is 7.05. The summed E-state index contributed by atoms with van der Waals surface area (Å²) in [7, 11) is 0. The SMILES string of the molecule is C/C(O)=C\C=C(/C)C1(c2ccc(O)cc2)c2ccccc2-c2ccccc21. The maximum atomic E-state index is 9.83. The van der Waals surface area contributed by atoms with E-state index in [1.54, 1.807) is 25.1 Å². The van der Waals surface area contributed by atoms with E-state index in [-0.39, 0.29) is 11.5 Å². The van der Waals surface area contributed by atoms with E-state index in [1.807, 2.05) is 18.2 Å². The van der Waals surface area contributed by atoms with Crippen molar-refractivity contribution in [1.82, 2.24) is 0 Å². The van der Waals surface area contributed by atoms with Gasteiger partial charge in [0.25, 0.3) is 0 Å². The minimum Gasteiger partial charge on any atom is -0.513 e. The quantitative estimate of drug-likeness (QED) is 0.440. The minimum atomic E-state index is -0.465. The third kappa shape index (κ3) is 2.57. The number of rotatable bonds is 3. The van der Waals surface area contributed by atoms with E-state index in [0.29, 0.717) is 0 Å². The Bertz CT molecular complexity index is 1010. The fourth-order valence-electron chi connectivity index (χ4n) is 4.28. The van der Waals surface area contributed by atoms with Gasteiger partial charge in [0.1, 0.15) is 5.75 Å². The van der Waals surface area contributed by atoms with E-state index in [0.717, 1.165) is 11.1 Å². The zero-order valence-corrected chi connectivity index (χ0v) is 15.5. The predicted molar refractivity (Wildman–Crippen MR) is 110 cm³/mol. The van der Waals surface area contributed by atoms with Crippen molar-refractivity contribution in [2.75, 3.05) is 0 Å². The Morgan fingerprint density at radius 1 is 0.741 bits per heavy atom. The smallest absolute Gasteiger partial charge is 0.115 e. The minimum absolute atomic E-state index is 0.251. The summed E-state index contributed by atoms with van der Waals surface area (Å²) < 4.78 is 0. The number of benzene rings is 3. The van der Waals surface area contributed by atoms with Gasteiger partial charge < -0.3 is 10.2 Å². The largest absolute Gasteiger partial charge is 0.513 e. The molecule has 1 aliphatic carbocycles. The molecule has 0 aliphatic heterocycles. The van der Waals surface area contributed by atoms with E-state index in [4.69, 9.17) is 0 Å². The number of aliphatic hydroxyl groups excluding tert-OH is 1. The zero-order valence-electron chi connectivity index (χ0n) is 15.5. The van der Waals surface area contributed by atoms with Crippen molar-refractivity contribution in [3.05, 3.63) is 113 Å². The molecule has 0 heterocycles. The highest BCUT2D eigenvalue weighted by Crippen LogP contribution is 2.56. The first-order valence-corrected chi connectivity index (χ1v) is 9.08. The van der Waals surface area contributed by atoms with Crippen LogP contribution in [0.5, 0.6) is 5.75 Å². The van der Waals surface area contributed by atoms with Crippen molar-refractivity contribution in [2.45, 2.75) is 19.3 Å². The molecular formula is C25H22O2. The third-order valence-corrected chi connectivity index (χ3v) is 5.42. The summed E-state index contributed by atoms with van der Waals surface area (Å²) in [6.07, 6.45) is 3.72. The highest BCUT2D eigenvalue weighted by atomic mass is 16.3. The summed E-state index contributed by atoms with van der Waals surface area (Å²) in [6, 6.07) is 24.4. The van der Waals surface area contributed by atoms with Crippen LogP contribution in [0.15, 0.2) is 96.3 Å². The summed E-state index contributed by atoms with van der Waals surface area (Å²) in [4.78, 5) is 0.